The fourth-order valence-electron chi connectivity index (χ4n) is 1.61. The highest BCUT2D eigenvalue weighted by Gasteiger charge is 2.19. The first kappa shape index (κ1) is 17.3. The van der Waals surface area contributed by atoms with Gasteiger partial charge in [-0.25, -0.2) is 8.42 Å². The molecule has 1 aromatic carbocycles. The van der Waals surface area contributed by atoms with E-state index in [2.05, 4.69) is 5.32 Å². The van der Waals surface area contributed by atoms with Gasteiger partial charge in [-0.2, -0.15) is 0 Å². The summed E-state index contributed by atoms with van der Waals surface area (Å²) in [4.78, 5) is 11.8. The highest BCUT2D eigenvalue weighted by Crippen LogP contribution is 2.27. The van der Waals surface area contributed by atoms with Gasteiger partial charge in [0.2, 0.25) is 0 Å². The van der Waals surface area contributed by atoms with E-state index in [1.54, 1.807) is 0 Å². The van der Waals surface area contributed by atoms with Crippen LogP contribution in [0.4, 0.5) is 0 Å². The van der Waals surface area contributed by atoms with Gasteiger partial charge in [-0.3, -0.25) is 4.79 Å². The zero-order chi connectivity index (χ0) is 15.5. The largest absolute Gasteiger partial charge is 0.352 e. The summed E-state index contributed by atoms with van der Waals surface area (Å²) in [5.74, 6) is 0.102. The van der Waals surface area contributed by atoms with Gasteiger partial charge in [0.15, 0.2) is 0 Å². The number of benzene rings is 1. The lowest BCUT2D eigenvalue weighted by atomic mass is 10.1. The fourth-order valence-corrected chi connectivity index (χ4v) is 3.11. The van der Waals surface area contributed by atoms with Crippen molar-refractivity contribution in [3.63, 3.8) is 0 Å². The lowest BCUT2D eigenvalue weighted by Crippen LogP contribution is -2.25. The first-order chi connectivity index (χ1) is 9.12. The van der Waals surface area contributed by atoms with E-state index in [0.29, 0.717) is 18.0 Å². The van der Waals surface area contributed by atoms with Crippen LogP contribution in [0.2, 0.25) is 5.02 Å². The predicted octanol–water partition coefficient (Wildman–Crippen LogP) is 3.35. The fraction of sp³-hybridized carbons (Fsp3) is 0.462. The summed E-state index contributed by atoms with van der Waals surface area (Å²) in [6, 6.07) is 2.68. The molecule has 0 atom stereocenters. The van der Waals surface area contributed by atoms with Crippen molar-refractivity contribution in [1.29, 1.82) is 0 Å². The smallest absolute Gasteiger partial charge is 0.261 e. The van der Waals surface area contributed by atoms with Crippen molar-refractivity contribution in [1.82, 2.24) is 5.32 Å². The van der Waals surface area contributed by atoms with Gasteiger partial charge in [0, 0.05) is 27.8 Å². The highest BCUT2D eigenvalue weighted by molar-refractivity contribution is 8.13. The van der Waals surface area contributed by atoms with E-state index in [-0.39, 0.29) is 21.4 Å². The Hall–Kier alpha value is -0.780. The van der Waals surface area contributed by atoms with Gasteiger partial charge in [-0.15, -0.1) is 0 Å². The van der Waals surface area contributed by atoms with Gasteiger partial charge >= 0.3 is 0 Å². The average Bonchev–Trinajstić information content (AvgIpc) is 2.30. The third kappa shape index (κ3) is 4.65. The first-order valence-corrected chi connectivity index (χ1v) is 8.84. The van der Waals surface area contributed by atoms with Crippen LogP contribution in [0, 0.1) is 12.8 Å². The molecule has 0 aromatic heterocycles. The minimum absolute atomic E-state index is 0.138. The molecule has 1 N–H and O–H groups in total. The third-order valence-corrected chi connectivity index (χ3v) is 4.67. The number of rotatable bonds is 5. The van der Waals surface area contributed by atoms with Crippen molar-refractivity contribution >= 4 is 37.2 Å². The maximum Gasteiger partial charge on any atom is 0.261 e. The summed E-state index contributed by atoms with van der Waals surface area (Å²) in [6.45, 7) is 6.16. The molecule has 0 aliphatic rings. The lowest BCUT2D eigenvalue weighted by molar-refractivity contribution is 0.0952. The number of carbonyl (C=O) groups excluding carboxylic acids is 1. The van der Waals surface area contributed by atoms with Crippen LogP contribution < -0.4 is 5.32 Å². The molecule has 0 aliphatic carbocycles. The molecule has 0 spiro atoms. The van der Waals surface area contributed by atoms with Crippen molar-refractivity contribution in [2.75, 3.05) is 6.54 Å². The second-order valence-corrected chi connectivity index (χ2v) is 7.90. The molecular formula is C13H17Cl2NO3S. The maximum absolute atomic E-state index is 12.0. The number of nitrogens with one attached hydrogen (secondary N) is 1. The van der Waals surface area contributed by atoms with Crippen molar-refractivity contribution in [2.45, 2.75) is 32.1 Å². The molecule has 112 valence electrons. The second-order valence-electron chi connectivity index (χ2n) is 4.96. The number of hydrogen-bond acceptors (Lipinski definition) is 3. The van der Waals surface area contributed by atoms with E-state index in [1.807, 2.05) is 13.8 Å². The molecular weight excluding hydrogens is 321 g/mol. The maximum atomic E-state index is 12.0. The summed E-state index contributed by atoms with van der Waals surface area (Å²) in [5, 5.41) is 2.92. The molecule has 0 unspecified atom stereocenters. The molecule has 1 aromatic rings. The van der Waals surface area contributed by atoms with Crippen molar-refractivity contribution in [3.8, 4) is 0 Å². The standard InChI is InChI=1S/C13H17Cl2NO3S/c1-8(2)4-5-16-13(17)10-6-11(14)9(3)12(7-10)20(15,18)19/h6-8H,4-5H2,1-3H3,(H,16,17). The van der Waals surface area contributed by atoms with E-state index in [1.165, 1.54) is 19.1 Å². The van der Waals surface area contributed by atoms with Gasteiger partial charge in [-0.05, 0) is 37.0 Å². The van der Waals surface area contributed by atoms with Gasteiger partial charge in [0.25, 0.3) is 15.0 Å². The van der Waals surface area contributed by atoms with E-state index in [0.717, 1.165) is 6.42 Å². The molecule has 0 heterocycles. The molecule has 7 heteroatoms. The molecule has 0 radical (unpaired) electrons. The monoisotopic (exact) mass is 337 g/mol. The first-order valence-electron chi connectivity index (χ1n) is 6.16. The van der Waals surface area contributed by atoms with Crippen LogP contribution in [-0.4, -0.2) is 20.9 Å². The van der Waals surface area contributed by atoms with Gasteiger partial charge < -0.3 is 5.32 Å². The van der Waals surface area contributed by atoms with E-state index in [9.17, 15) is 13.2 Å². The quantitative estimate of drug-likeness (QED) is 0.838. The number of halogens is 2. The Balaban J connectivity index is 3.03. The minimum atomic E-state index is -3.94. The summed E-state index contributed by atoms with van der Waals surface area (Å²) in [5.41, 5.74) is 0.518. The Morgan fingerprint density at radius 3 is 2.45 bits per heavy atom. The zero-order valence-corrected chi connectivity index (χ0v) is 13.9. The van der Waals surface area contributed by atoms with Crippen LogP contribution >= 0.6 is 22.3 Å². The van der Waals surface area contributed by atoms with Crippen molar-refractivity contribution in [2.24, 2.45) is 5.92 Å². The number of hydrogen-bond donors (Lipinski definition) is 1. The molecule has 1 amide bonds. The van der Waals surface area contributed by atoms with Crippen molar-refractivity contribution in [3.05, 3.63) is 28.3 Å². The highest BCUT2D eigenvalue weighted by atomic mass is 35.7. The van der Waals surface area contributed by atoms with Crippen LogP contribution in [0.15, 0.2) is 17.0 Å². The summed E-state index contributed by atoms with van der Waals surface area (Å²) in [7, 11) is 1.40. The SMILES string of the molecule is Cc1c(Cl)cc(C(=O)NCCC(C)C)cc1S(=O)(=O)Cl. The Morgan fingerprint density at radius 1 is 1.35 bits per heavy atom. The number of amides is 1. The van der Waals surface area contributed by atoms with Crippen LogP contribution in [-0.2, 0) is 9.05 Å². The number of carbonyl (C=O) groups is 1. The Morgan fingerprint density at radius 2 is 1.95 bits per heavy atom. The van der Waals surface area contributed by atoms with Gasteiger partial charge in [0.1, 0.15) is 0 Å². The van der Waals surface area contributed by atoms with E-state index >= 15 is 0 Å². The predicted molar refractivity (Wildman–Crippen MR) is 81.0 cm³/mol. The Bertz CT molecular complexity index is 612. The second kappa shape index (κ2) is 6.78. The van der Waals surface area contributed by atoms with Gasteiger partial charge in [-0.1, -0.05) is 25.4 Å². The lowest BCUT2D eigenvalue weighted by Gasteiger charge is -2.10. The summed E-state index contributed by atoms with van der Waals surface area (Å²) < 4.78 is 22.9. The molecule has 1 rings (SSSR count). The van der Waals surface area contributed by atoms with Crippen LogP contribution in [0.3, 0.4) is 0 Å². The molecule has 20 heavy (non-hydrogen) atoms. The van der Waals surface area contributed by atoms with E-state index in [4.69, 9.17) is 22.3 Å². The molecule has 0 bridgehead atoms. The Labute approximate surface area is 128 Å². The Kier molecular flexibility index (Phi) is 5.86. The minimum Gasteiger partial charge on any atom is -0.352 e. The normalized spacial score (nSPS) is 11.7. The molecule has 0 saturated heterocycles. The van der Waals surface area contributed by atoms with E-state index < -0.39 is 9.05 Å². The van der Waals surface area contributed by atoms with Crippen LogP contribution in [0.25, 0.3) is 0 Å². The molecule has 0 fully saturated rings. The topological polar surface area (TPSA) is 63.2 Å². The average molecular weight is 338 g/mol. The van der Waals surface area contributed by atoms with Crippen molar-refractivity contribution < 1.29 is 13.2 Å². The molecule has 4 nitrogen and oxygen atoms in total. The van der Waals surface area contributed by atoms with Crippen LogP contribution in [0.1, 0.15) is 36.2 Å². The third-order valence-electron chi connectivity index (χ3n) is 2.83. The molecule has 0 saturated carbocycles. The summed E-state index contributed by atoms with van der Waals surface area (Å²) in [6.07, 6.45) is 0.839. The van der Waals surface area contributed by atoms with Crippen LogP contribution in [0.5, 0.6) is 0 Å². The summed E-state index contributed by atoms with van der Waals surface area (Å²) >= 11 is 5.95. The molecule has 0 aliphatic heterocycles. The zero-order valence-electron chi connectivity index (χ0n) is 11.5. The van der Waals surface area contributed by atoms with Gasteiger partial charge in [0.05, 0.1) is 4.90 Å².